The van der Waals surface area contributed by atoms with E-state index in [-0.39, 0.29) is 17.7 Å². The maximum Gasteiger partial charge on any atom is 0.274 e. The molecule has 2 amide bonds. The minimum Gasteiger partial charge on any atom is -0.345 e. The highest BCUT2D eigenvalue weighted by molar-refractivity contribution is 5.99. The molecule has 0 aromatic carbocycles. The molecule has 0 spiro atoms. The van der Waals surface area contributed by atoms with Crippen LogP contribution in [0.2, 0.25) is 0 Å². The normalized spacial score (nSPS) is 16.5. The van der Waals surface area contributed by atoms with E-state index in [2.05, 4.69) is 20.1 Å². The Hall–Kier alpha value is -3.36. The van der Waals surface area contributed by atoms with Crippen LogP contribution in [0.5, 0.6) is 0 Å². The molecular formula is C19H21N7O2. The van der Waals surface area contributed by atoms with Crippen molar-refractivity contribution in [2.75, 3.05) is 27.2 Å². The summed E-state index contributed by atoms with van der Waals surface area (Å²) in [5.41, 5.74) is 3.06. The zero-order chi connectivity index (χ0) is 19.8. The lowest BCUT2D eigenvalue weighted by Crippen LogP contribution is -2.29. The number of likely N-dealkylation sites (tertiary alicyclic amines) is 1. The van der Waals surface area contributed by atoms with Gasteiger partial charge in [0, 0.05) is 45.5 Å². The van der Waals surface area contributed by atoms with E-state index < -0.39 is 0 Å². The summed E-state index contributed by atoms with van der Waals surface area (Å²) in [6.07, 6.45) is 7.16. The van der Waals surface area contributed by atoms with Gasteiger partial charge < -0.3 is 9.80 Å². The van der Waals surface area contributed by atoms with Crippen molar-refractivity contribution in [3.8, 4) is 0 Å². The molecule has 4 rings (SSSR count). The number of rotatable bonds is 3. The molecule has 0 bridgehead atoms. The first-order chi connectivity index (χ1) is 13.5. The van der Waals surface area contributed by atoms with Crippen molar-refractivity contribution < 1.29 is 9.59 Å². The number of hydrogen-bond donors (Lipinski definition) is 0. The van der Waals surface area contributed by atoms with Gasteiger partial charge in [0.15, 0.2) is 5.65 Å². The van der Waals surface area contributed by atoms with Crippen LogP contribution < -0.4 is 0 Å². The second-order valence-electron chi connectivity index (χ2n) is 7.14. The van der Waals surface area contributed by atoms with Crippen molar-refractivity contribution in [2.45, 2.75) is 19.3 Å². The van der Waals surface area contributed by atoms with E-state index in [1.807, 2.05) is 13.0 Å². The highest BCUT2D eigenvalue weighted by atomic mass is 16.2. The molecule has 0 saturated carbocycles. The minimum atomic E-state index is -0.138. The lowest BCUT2D eigenvalue weighted by Gasteiger charge is -2.16. The third kappa shape index (κ3) is 3.08. The fourth-order valence-electron chi connectivity index (χ4n) is 3.46. The maximum absolute atomic E-state index is 12.7. The number of fused-ring (bicyclic) bond motifs is 1. The number of amides is 2. The molecule has 28 heavy (non-hydrogen) atoms. The van der Waals surface area contributed by atoms with Crippen LogP contribution >= 0.6 is 0 Å². The number of aryl methyl sites for hydroxylation is 1. The first-order valence-electron chi connectivity index (χ1n) is 9.08. The number of carbonyl (C=O) groups excluding carboxylic acids is 2. The van der Waals surface area contributed by atoms with E-state index in [1.54, 1.807) is 42.1 Å². The predicted octanol–water partition coefficient (Wildman–Crippen LogP) is 1.16. The summed E-state index contributed by atoms with van der Waals surface area (Å²) in [5.74, 6) is -0.153. The largest absolute Gasteiger partial charge is 0.345 e. The zero-order valence-electron chi connectivity index (χ0n) is 16.0. The molecule has 4 heterocycles. The Kier molecular flexibility index (Phi) is 4.50. The Bertz CT molecular complexity index is 1040. The van der Waals surface area contributed by atoms with E-state index in [0.29, 0.717) is 30.0 Å². The van der Waals surface area contributed by atoms with Crippen LogP contribution in [0.15, 0.2) is 30.9 Å². The lowest BCUT2D eigenvalue weighted by atomic mass is 10.0. The fraction of sp³-hybridized carbons (Fsp3) is 0.368. The van der Waals surface area contributed by atoms with Crippen molar-refractivity contribution in [3.63, 3.8) is 0 Å². The standard InChI is InChI=1S/C19H21N7O2/c1-12-8-22-15(10-21-12)19(28)25-7-5-13(11-25)16-4-6-20-17-14(9-23-26(16)17)18(27)24(2)3/h4,6,8-10,13H,5,7,11H2,1-3H3/t13-/m1/s1. The van der Waals surface area contributed by atoms with Gasteiger partial charge in [0.05, 0.1) is 23.8 Å². The van der Waals surface area contributed by atoms with Crippen LogP contribution in [0.3, 0.4) is 0 Å². The molecule has 3 aromatic rings. The van der Waals surface area contributed by atoms with Gasteiger partial charge in [-0.25, -0.2) is 14.5 Å². The lowest BCUT2D eigenvalue weighted by molar-refractivity contribution is 0.0783. The molecule has 0 N–H and O–H groups in total. The van der Waals surface area contributed by atoms with E-state index in [4.69, 9.17) is 0 Å². The van der Waals surface area contributed by atoms with Gasteiger partial charge in [-0.05, 0) is 19.4 Å². The fourth-order valence-corrected chi connectivity index (χ4v) is 3.46. The summed E-state index contributed by atoms with van der Waals surface area (Å²) < 4.78 is 1.71. The summed E-state index contributed by atoms with van der Waals surface area (Å²) in [4.78, 5) is 41.0. The summed E-state index contributed by atoms with van der Waals surface area (Å²) in [6, 6.07) is 1.90. The van der Waals surface area contributed by atoms with Crippen molar-refractivity contribution >= 4 is 17.5 Å². The molecule has 0 aliphatic carbocycles. The van der Waals surface area contributed by atoms with E-state index in [9.17, 15) is 9.59 Å². The number of carbonyl (C=O) groups is 2. The van der Waals surface area contributed by atoms with Crippen LogP contribution in [0.1, 0.15) is 44.6 Å². The van der Waals surface area contributed by atoms with E-state index >= 15 is 0 Å². The van der Waals surface area contributed by atoms with Crippen LogP contribution in [0, 0.1) is 6.92 Å². The SMILES string of the molecule is Cc1cnc(C(=O)N2CC[C@@H](c3ccnc4c(C(=O)N(C)C)cnn34)C2)cn1. The highest BCUT2D eigenvalue weighted by Gasteiger charge is 2.31. The van der Waals surface area contributed by atoms with Gasteiger partial charge in [-0.2, -0.15) is 5.10 Å². The summed E-state index contributed by atoms with van der Waals surface area (Å²) in [5, 5.41) is 4.39. The van der Waals surface area contributed by atoms with Crippen LogP contribution in [-0.4, -0.2) is 73.4 Å². The molecule has 144 valence electrons. The maximum atomic E-state index is 12.7. The van der Waals surface area contributed by atoms with E-state index in [1.165, 1.54) is 11.1 Å². The molecule has 1 atom stereocenters. The number of aromatic nitrogens is 5. The predicted molar refractivity (Wildman–Crippen MR) is 101 cm³/mol. The Balaban J connectivity index is 1.59. The molecular weight excluding hydrogens is 358 g/mol. The monoisotopic (exact) mass is 379 g/mol. The van der Waals surface area contributed by atoms with Crippen molar-refractivity contribution in [1.82, 2.24) is 34.4 Å². The highest BCUT2D eigenvalue weighted by Crippen LogP contribution is 2.28. The molecule has 1 aliphatic rings. The van der Waals surface area contributed by atoms with Gasteiger partial charge in [0.25, 0.3) is 11.8 Å². The van der Waals surface area contributed by atoms with Gasteiger partial charge in [0.2, 0.25) is 0 Å². The van der Waals surface area contributed by atoms with E-state index in [0.717, 1.165) is 17.8 Å². The molecule has 1 aliphatic heterocycles. The molecule has 0 unspecified atom stereocenters. The first-order valence-corrected chi connectivity index (χ1v) is 9.08. The number of hydrogen-bond acceptors (Lipinski definition) is 6. The van der Waals surface area contributed by atoms with Gasteiger partial charge >= 0.3 is 0 Å². The topological polar surface area (TPSA) is 96.6 Å². The van der Waals surface area contributed by atoms with Crippen molar-refractivity contribution in [3.05, 3.63) is 53.5 Å². The Morgan fingerprint density at radius 2 is 1.96 bits per heavy atom. The van der Waals surface area contributed by atoms with Gasteiger partial charge in [-0.3, -0.25) is 14.6 Å². The smallest absolute Gasteiger partial charge is 0.274 e. The third-order valence-electron chi connectivity index (χ3n) is 4.96. The van der Waals surface area contributed by atoms with Crippen LogP contribution in [-0.2, 0) is 0 Å². The van der Waals surface area contributed by atoms with Gasteiger partial charge in [0.1, 0.15) is 11.3 Å². The van der Waals surface area contributed by atoms with Crippen molar-refractivity contribution in [1.29, 1.82) is 0 Å². The first kappa shape index (κ1) is 18.0. The molecule has 3 aromatic heterocycles. The molecule has 9 heteroatoms. The Labute approximate surface area is 162 Å². The average molecular weight is 379 g/mol. The van der Waals surface area contributed by atoms with Gasteiger partial charge in [-0.1, -0.05) is 0 Å². The summed E-state index contributed by atoms with van der Waals surface area (Å²) in [6.45, 7) is 3.03. The Morgan fingerprint density at radius 3 is 2.68 bits per heavy atom. The van der Waals surface area contributed by atoms with Crippen molar-refractivity contribution in [2.24, 2.45) is 0 Å². The molecule has 1 saturated heterocycles. The van der Waals surface area contributed by atoms with Crippen LogP contribution in [0.4, 0.5) is 0 Å². The quantitative estimate of drug-likeness (QED) is 0.677. The number of nitrogens with zero attached hydrogens (tertiary/aromatic N) is 7. The Morgan fingerprint density at radius 1 is 1.14 bits per heavy atom. The average Bonchev–Trinajstić information content (AvgIpc) is 3.34. The summed E-state index contributed by atoms with van der Waals surface area (Å²) >= 11 is 0. The summed E-state index contributed by atoms with van der Waals surface area (Å²) in [7, 11) is 3.40. The molecule has 0 radical (unpaired) electrons. The van der Waals surface area contributed by atoms with Crippen LogP contribution in [0.25, 0.3) is 5.65 Å². The molecule has 9 nitrogen and oxygen atoms in total. The second kappa shape index (κ2) is 6.99. The zero-order valence-corrected chi connectivity index (χ0v) is 16.0. The third-order valence-corrected chi connectivity index (χ3v) is 4.96. The molecule has 1 fully saturated rings. The van der Waals surface area contributed by atoms with Gasteiger partial charge in [-0.15, -0.1) is 0 Å². The minimum absolute atomic E-state index is 0.107. The second-order valence-corrected chi connectivity index (χ2v) is 7.14.